The van der Waals surface area contributed by atoms with Crippen molar-refractivity contribution in [3.8, 4) is 11.5 Å². The van der Waals surface area contributed by atoms with Crippen LogP contribution in [0.2, 0.25) is 0 Å². The number of benzene rings is 2. The lowest BCUT2D eigenvalue weighted by Gasteiger charge is -2.19. The summed E-state index contributed by atoms with van der Waals surface area (Å²) in [5, 5.41) is 11.2. The maximum atomic E-state index is 13.0. The van der Waals surface area contributed by atoms with Crippen LogP contribution in [0.3, 0.4) is 0 Å². The fourth-order valence-electron chi connectivity index (χ4n) is 4.29. The van der Waals surface area contributed by atoms with E-state index in [2.05, 4.69) is 20.5 Å². The zero-order valence-electron chi connectivity index (χ0n) is 22.5. The molecule has 0 saturated carbocycles. The van der Waals surface area contributed by atoms with E-state index in [1.54, 1.807) is 13.2 Å². The Morgan fingerprint density at radius 1 is 1.03 bits per heavy atom. The van der Waals surface area contributed by atoms with Crippen LogP contribution in [0.4, 0.5) is 0 Å². The Balaban J connectivity index is 1.67. The van der Waals surface area contributed by atoms with Gasteiger partial charge in [-0.1, -0.05) is 43.3 Å². The average molecular weight is 521 g/mol. The summed E-state index contributed by atoms with van der Waals surface area (Å²) in [5.74, 6) is 0.229. The van der Waals surface area contributed by atoms with Gasteiger partial charge in [0.15, 0.2) is 17.2 Å². The number of aromatic amines is 1. The molecular formula is C29H36N4O5. The second-order valence-corrected chi connectivity index (χ2v) is 9.09. The summed E-state index contributed by atoms with van der Waals surface area (Å²) < 4.78 is 10.9. The molecule has 38 heavy (non-hydrogen) atoms. The van der Waals surface area contributed by atoms with Crippen LogP contribution in [0.1, 0.15) is 68.7 Å². The van der Waals surface area contributed by atoms with Crippen LogP contribution in [0.15, 0.2) is 53.3 Å². The molecule has 0 aliphatic rings. The first-order valence-corrected chi connectivity index (χ1v) is 13.0. The molecule has 2 N–H and O–H groups in total. The minimum atomic E-state index is -0.784. The van der Waals surface area contributed by atoms with E-state index < -0.39 is 23.4 Å². The smallest absolute Gasteiger partial charge is 0.275 e. The highest BCUT2D eigenvalue weighted by Crippen LogP contribution is 2.28. The Morgan fingerprint density at radius 2 is 1.79 bits per heavy atom. The van der Waals surface area contributed by atoms with E-state index in [0.29, 0.717) is 49.6 Å². The number of ketones is 1. The van der Waals surface area contributed by atoms with Gasteiger partial charge in [-0.2, -0.15) is 0 Å². The minimum absolute atomic E-state index is 0.112. The van der Waals surface area contributed by atoms with Gasteiger partial charge >= 0.3 is 0 Å². The summed E-state index contributed by atoms with van der Waals surface area (Å²) in [6.45, 7) is 5.64. The van der Waals surface area contributed by atoms with Crippen molar-refractivity contribution < 1.29 is 19.1 Å². The van der Waals surface area contributed by atoms with E-state index in [0.717, 1.165) is 17.5 Å². The molecular weight excluding hydrogens is 484 g/mol. The molecule has 1 amide bonds. The molecule has 0 spiro atoms. The standard InChI is InChI=1S/C29H36N4O5/c1-5-23(30-28(35)22(19(3)34)14-10-13-20-11-8-7-9-12-20)27-29(36)31-26(32-33-27)18-21-15-16-24(37-4)25(17-21)38-6-2/h7-9,11-12,15-17,22-23H,5-6,10,13-14,18H2,1-4H3,(H,30,35)(H,31,32,36). The molecule has 0 bridgehead atoms. The molecule has 0 aliphatic heterocycles. The van der Waals surface area contributed by atoms with E-state index in [1.165, 1.54) is 6.92 Å². The van der Waals surface area contributed by atoms with Crippen molar-refractivity contribution >= 4 is 11.7 Å². The van der Waals surface area contributed by atoms with E-state index in [9.17, 15) is 14.4 Å². The third kappa shape index (κ3) is 7.74. The fourth-order valence-corrected chi connectivity index (χ4v) is 4.29. The Morgan fingerprint density at radius 3 is 2.42 bits per heavy atom. The Labute approximate surface area is 223 Å². The maximum Gasteiger partial charge on any atom is 0.275 e. The number of H-pyrrole nitrogens is 1. The summed E-state index contributed by atoms with van der Waals surface area (Å²) in [5.41, 5.74) is 1.71. The average Bonchev–Trinajstić information content (AvgIpc) is 2.91. The molecule has 2 aromatic carbocycles. The summed E-state index contributed by atoms with van der Waals surface area (Å²) in [6.07, 6.45) is 2.67. The number of hydrogen-bond acceptors (Lipinski definition) is 7. The Kier molecular flexibility index (Phi) is 10.6. The zero-order chi connectivity index (χ0) is 27.5. The number of amides is 1. The van der Waals surface area contributed by atoms with Crippen molar-refractivity contribution in [2.24, 2.45) is 5.92 Å². The van der Waals surface area contributed by atoms with Crippen LogP contribution in [0.25, 0.3) is 0 Å². The van der Waals surface area contributed by atoms with E-state index in [4.69, 9.17) is 9.47 Å². The molecule has 1 heterocycles. The molecule has 2 unspecified atom stereocenters. The summed E-state index contributed by atoms with van der Waals surface area (Å²) in [7, 11) is 1.57. The molecule has 0 aliphatic carbocycles. The van der Waals surface area contributed by atoms with Crippen LogP contribution < -0.4 is 20.3 Å². The first kappa shape index (κ1) is 28.6. The first-order chi connectivity index (χ1) is 18.4. The number of hydrogen-bond donors (Lipinski definition) is 2. The predicted molar refractivity (Wildman–Crippen MR) is 144 cm³/mol. The van der Waals surface area contributed by atoms with E-state index in [-0.39, 0.29) is 11.5 Å². The number of aromatic nitrogens is 3. The summed E-state index contributed by atoms with van der Waals surface area (Å²) in [6, 6.07) is 14.8. The van der Waals surface area contributed by atoms with Crippen molar-refractivity contribution in [3.05, 3.63) is 81.5 Å². The van der Waals surface area contributed by atoms with Crippen LogP contribution in [-0.2, 0) is 22.4 Å². The number of carbonyl (C=O) groups is 2. The predicted octanol–water partition coefficient (Wildman–Crippen LogP) is 3.96. The van der Waals surface area contributed by atoms with Gasteiger partial charge < -0.3 is 19.8 Å². The van der Waals surface area contributed by atoms with Gasteiger partial charge in [-0.05, 0) is 62.8 Å². The van der Waals surface area contributed by atoms with Gasteiger partial charge in [0.2, 0.25) is 5.91 Å². The third-order valence-corrected chi connectivity index (χ3v) is 6.33. The quantitative estimate of drug-likeness (QED) is 0.308. The molecule has 1 aromatic heterocycles. The lowest BCUT2D eigenvalue weighted by molar-refractivity contribution is -0.133. The van der Waals surface area contributed by atoms with Crippen LogP contribution in [-0.4, -0.2) is 40.6 Å². The molecule has 0 radical (unpaired) electrons. The zero-order valence-corrected chi connectivity index (χ0v) is 22.5. The second kappa shape index (κ2) is 14.1. The van der Waals surface area contributed by atoms with Crippen molar-refractivity contribution in [3.63, 3.8) is 0 Å². The van der Waals surface area contributed by atoms with E-state index in [1.807, 2.05) is 56.3 Å². The van der Waals surface area contributed by atoms with Crippen molar-refractivity contribution in [2.75, 3.05) is 13.7 Å². The van der Waals surface area contributed by atoms with Crippen LogP contribution >= 0.6 is 0 Å². The second-order valence-electron chi connectivity index (χ2n) is 9.09. The summed E-state index contributed by atoms with van der Waals surface area (Å²) in [4.78, 5) is 40.9. The number of nitrogens with zero attached hydrogens (tertiary/aromatic N) is 2. The van der Waals surface area contributed by atoms with Crippen LogP contribution in [0, 0.1) is 5.92 Å². The molecule has 9 nitrogen and oxygen atoms in total. The topological polar surface area (TPSA) is 123 Å². The number of Topliss-reactive ketones (excluding diaryl/α,β-unsaturated/α-hetero) is 1. The highest BCUT2D eigenvalue weighted by molar-refractivity contribution is 6.00. The Hall–Kier alpha value is -4.01. The Bertz CT molecular complexity index is 1280. The molecule has 9 heteroatoms. The van der Waals surface area contributed by atoms with Gasteiger partial charge in [0.25, 0.3) is 5.56 Å². The highest BCUT2D eigenvalue weighted by Gasteiger charge is 2.27. The maximum absolute atomic E-state index is 13.0. The number of nitrogens with one attached hydrogen (secondary N) is 2. The molecule has 3 rings (SSSR count). The first-order valence-electron chi connectivity index (χ1n) is 13.0. The number of ether oxygens (including phenoxy) is 2. The molecule has 0 saturated heterocycles. The molecule has 202 valence electrons. The van der Waals surface area contributed by atoms with Crippen LogP contribution in [0.5, 0.6) is 11.5 Å². The van der Waals surface area contributed by atoms with Gasteiger partial charge in [-0.15, -0.1) is 10.2 Å². The van der Waals surface area contributed by atoms with Gasteiger partial charge in [-0.3, -0.25) is 14.4 Å². The molecule has 2 atom stereocenters. The number of carbonyl (C=O) groups excluding carboxylic acids is 2. The summed E-state index contributed by atoms with van der Waals surface area (Å²) >= 11 is 0. The number of aryl methyl sites for hydroxylation is 1. The van der Waals surface area contributed by atoms with Gasteiger partial charge in [0.05, 0.1) is 25.7 Å². The van der Waals surface area contributed by atoms with Gasteiger partial charge in [-0.25, -0.2) is 0 Å². The monoisotopic (exact) mass is 520 g/mol. The normalized spacial score (nSPS) is 12.4. The van der Waals surface area contributed by atoms with Gasteiger partial charge in [0.1, 0.15) is 11.6 Å². The number of rotatable bonds is 14. The molecule has 0 fully saturated rings. The van der Waals surface area contributed by atoms with Crippen molar-refractivity contribution in [1.29, 1.82) is 0 Å². The molecule has 3 aromatic rings. The van der Waals surface area contributed by atoms with Crippen molar-refractivity contribution in [2.45, 2.75) is 58.9 Å². The SMILES string of the molecule is CCOc1cc(Cc2nnc(C(CC)NC(=O)C(CCCc3ccccc3)C(C)=O)c(=O)[nH]2)ccc1OC. The lowest BCUT2D eigenvalue weighted by Crippen LogP contribution is -2.39. The number of methoxy groups -OCH3 is 1. The van der Waals surface area contributed by atoms with Gasteiger partial charge in [0, 0.05) is 6.42 Å². The lowest BCUT2D eigenvalue weighted by atomic mass is 9.95. The fraction of sp³-hybridized carbons (Fsp3) is 0.414. The van der Waals surface area contributed by atoms with E-state index >= 15 is 0 Å². The van der Waals surface area contributed by atoms with Crippen molar-refractivity contribution in [1.82, 2.24) is 20.5 Å². The third-order valence-electron chi connectivity index (χ3n) is 6.33. The highest BCUT2D eigenvalue weighted by atomic mass is 16.5. The minimum Gasteiger partial charge on any atom is -0.493 e. The largest absolute Gasteiger partial charge is 0.493 e.